The van der Waals surface area contributed by atoms with E-state index in [0.29, 0.717) is 0 Å². The molecule has 0 N–H and O–H groups in total. The first-order valence-corrected chi connectivity index (χ1v) is 26.9. The standard InChI is InChI=1S/C72H46S2/c1-5-21-47(22-6-1)51-41-53(67-39-37-65(73-67)49-25-9-3-10-26-49)45-55(43-51)69-57-29-13-17-33-61(57)71(62-34-18-14-30-58(62)69)72-63-35-19-15-31-59(63)70(60-32-16-20-36-64(60)72)56-44-52(48-23-7-2-8-24-48)42-54(46-56)68-40-38-66(74-68)50-27-11-4-12-28-50/h1-46H. The van der Waals surface area contributed by atoms with Crippen molar-refractivity contribution in [1.29, 1.82) is 0 Å². The minimum atomic E-state index is 1.20. The summed E-state index contributed by atoms with van der Waals surface area (Å²) in [4.78, 5) is 5.03. The Morgan fingerprint density at radius 2 is 0.365 bits per heavy atom. The molecule has 0 amide bonds. The van der Waals surface area contributed by atoms with Crippen LogP contribution in [0.2, 0.25) is 0 Å². The van der Waals surface area contributed by atoms with Gasteiger partial charge in [-0.05, 0) is 182 Å². The normalized spacial score (nSPS) is 11.5. The van der Waals surface area contributed by atoms with Crippen molar-refractivity contribution in [2.24, 2.45) is 0 Å². The molecular formula is C72H46S2. The Morgan fingerprint density at radius 3 is 0.662 bits per heavy atom. The highest BCUT2D eigenvalue weighted by Crippen LogP contribution is 2.52. The van der Waals surface area contributed by atoms with E-state index in [1.165, 1.54) is 140 Å². The topological polar surface area (TPSA) is 0 Å². The maximum atomic E-state index is 2.43. The third-order valence-corrected chi connectivity index (χ3v) is 17.0. The molecule has 0 unspecified atom stereocenters. The van der Waals surface area contributed by atoms with E-state index in [9.17, 15) is 0 Å². The summed E-state index contributed by atoms with van der Waals surface area (Å²) < 4.78 is 0. The van der Waals surface area contributed by atoms with Crippen molar-refractivity contribution in [2.75, 3.05) is 0 Å². The van der Waals surface area contributed by atoms with Gasteiger partial charge in [-0.2, -0.15) is 0 Å². The molecule has 14 rings (SSSR count). The maximum Gasteiger partial charge on any atom is 0.0349 e. The second-order valence-corrected chi connectivity index (χ2v) is 21.2. The Bertz CT molecular complexity index is 3990. The summed E-state index contributed by atoms with van der Waals surface area (Å²) in [5.41, 5.74) is 17.1. The second kappa shape index (κ2) is 18.6. The lowest BCUT2D eigenvalue weighted by atomic mass is 9.80. The number of hydrogen-bond acceptors (Lipinski definition) is 2. The lowest BCUT2D eigenvalue weighted by Crippen LogP contribution is -1.95. The molecule has 0 atom stereocenters. The van der Waals surface area contributed by atoms with Gasteiger partial charge in [0.15, 0.2) is 0 Å². The Hall–Kier alpha value is -8.92. The highest BCUT2D eigenvalue weighted by Gasteiger charge is 2.24. The zero-order chi connectivity index (χ0) is 49.0. The van der Waals surface area contributed by atoms with E-state index in [-0.39, 0.29) is 0 Å². The summed E-state index contributed by atoms with van der Waals surface area (Å²) in [7, 11) is 0. The Kier molecular flexibility index (Phi) is 11.0. The Balaban J connectivity index is 1.01. The largest absolute Gasteiger partial charge is 0.135 e. The smallest absolute Gasteiger partial charge is 0.0349 e. The monoisotopic (exact) mass is 974 g/mol. The maximum absolute atomic E-state index is 2.43. The Labute approximate surface area is 439 Å². The molecule has 0 bridgehead atoms. The van der Waals surface area contributed by atoms with Crippen molar-refractivity contribution in [3.63, 3.8) is 0 Å². The fourth-order valence-corrected chi connectivity index (χ4v) is 13.3. The molecule has 0 nitrogen and oxygen atoms in total. The molecule has 346 valence electrons. The summed E-state index contributed by atoms with van der Waals surface area (Å²) in [5.74, 6) is 0. The molecule has 2 aromatic heterocycles. The molecule has 74 heavy (non-hydrogen) atoms. The molecule has 2 heterocycles. The van der Waals surface area contributed by atoms with E-state index in [1.807, 2.05) is 22.7 Å². The van der Waals surface area contributed by atoms with Crippen LogP contribution in [0.3, 0.4) is 0 Å². The lowest BCUT2D eigenvalue weighted by Gasteiger charge is -2.23. The fourth-order valence-electron chi connectivity index (χ4n) is 11.3. The molecule has 2 heteroatoms. The third-order valence-electron chi connectivity index (χ3n) is 14.7. The average molecular weight is 975 g/mol. The van der Waals surface area contributed by atoms with Gasteiger partial charge in [0.25, 0.3) is 0 Å². The van der Waals surface area contributed by atoms with Crippen LogP contribution in [0, 0.1) is 0 Å². The van der Waals surface area contributed by atoms with Gasteiger partial charge in [0.1, 0.15) is 0 Å². The van der Waals surface area contributed by atoms with Gasteiger partial charge in [0.2, 0.25) is 0 Å². The van der Waals surface area contributed by atoms with E-state index in [4.69, 9.17) is 0 Å². The van der Waals surface area contributed by atoms with Crippen molar-refractivity contribution < 1.29 is 0 Å². The summed E-state index contributed by atoms with van der Waals surface area (Å²) in [6.07, 6.45) is 0. The minimum absolute atomic E-state index is 1.20. The van der Waals surface area contributed by atoms with Crippen molar-refractivity contribution in [1.82, 2.24) is 0 Å². The summed E-state index contributed by atoms with van der Waals surface area (Å²) in [6, 6.07) is 103. The van der Waals surface area contributed by atoms with Crippen LogP contribution in [-0.2, 0) is 0 Å². The van der Waals surface area contributed by atoms with Gasteiger partial charge in [-0.25, -0.2) is 0 Å². The summed E-state index contributed by atoms with van der Waals surface area (Å²) >= 11 is 3.71. The highest BCUT2D eigenvalue weighted by molar-refractivity contribution is 7.19. The molecule has 0 aliphatic carbocycles. The van der Waals surface area contributed by atoms with Gasteiger partial charge < -0.3 is 0 Å². The van der Waals surface area contributed by atoms with Gasteiger partial charge in [-0.1, -0.05) is 218 Å². The van der Waals surface area contributed by atoms with Crippen LogP contribution in [0.5, 0.6) is 0 Å². The predicted molar refractivity (Wildman–Crippen MR) is 321 cm³/mol. The van der Waals surface area contributed by atoms with Crippen molar-refractivity contribution in [3.05, 3.63) is 279 Å². The van der Waals surface area contributed by atoms with E-state index >= 15 is 0 Å². The molecule has 0 aliphatic heterocycles. The van der Waals surface area contributed by atoms with Gasteiger partial charge in [0, 0.05) is 19.5 Å². The van der Waals surface area contributed by atoms with Crippen LogP contribution in [0.15, 0.2) is 279 Å². The first-order chi connectivity index (χ1) is 36.7. The minimum Gasteiger partial charge on any atom is -0.135 e. The number of benzene rings is 12. The first-order valence-electron chi connectivity index (χ1n) is 25.3. The SMILES string of the molecule is c1ccc(-c2cc(-c3ccc(-c4ccccc4)s3)cc(-c3c4ccccc4c(-c4c5ccccc5c(-c5cc(-c6ccccc6)cc(-c6ccc(-c7ccccc7)s6)c5)c5ccccc45)c4ccccc34)c2)cc1. The van der Waals surface area contributed by atoms with E-state index < -0.39 is 0 Å². The number of thiophene rings is 2. The van der Waals surface area contributed by atoms with Crippen LogP contribution >= 0.6 is 22.7 Å². The van der Waals surface area contributed by atoms with Gasteiger partial charge in [-0.3, -0.25) is 0 Å². The quantitative estimate of drug-likeness (QED) is 0.126. The zero-order valence-electron chi connectivity index (χ0n) is 40.4. The second-order valence-electron chi connectivity index (χ2n) is 19.1. The first kappa shape index (κ1) is 43.8. The van der Waals surface area contributed by atoms with Crippen LogP contribution in [-0.4, -0.2) is 0 Å². The van der Waals surface area contributed by atoms with Gasteiger partial charge >= 0.3 is 0 Å². The van der Waals surface area contributed by atoms with E-state index in [1.54, 1.807) is 0 Å². The third kappa shape index (κ3) is 7.75. The molecule has 0 saturated heterocycles. The zero-order valence-corrected chi connectivity index (χ0v) is 42.0. The summed E-state index contributed by atoms with van der Waals surface area (Å²) in [6.45, 7) is 0. The summed E-state index contributed by atoms with van der Waals surface area (Å²) in [5, 5.41) is 9.87. The molecule has 0 radical (unpaired) electrons. The molecular weight excluding hydrogens is 929 g/mol. The van der Waals surface area contributed by atoms with E-state index in [0.717, 1.165) is 0 Å². The number of rotatable bonds is 9. The lowest BCUT2D eigenvalue weighted by molar-refractivity contribution is 1.60. The van der Waals surface area contributed by atoms with Crippen molar-refractivity contribution in [3.8, 4) is 97.4 Å². The Morgan fingerprint density at radius 1 is 0.149 bits per heavy atom. The van der Waals surface area contributed by atoms with Crippen LogP contribution in [0.25, 0.3) is 140 Å². The average Bonchev–Trinajstić information content (AvgIpc) is 4.20. The molecule has 0 aliphatic rings. The highest BCUT2D eigenvalue weighted by atomic mass is 32.1. The molecule has 0 spiro atoms. The molecule has 0 saturated carbocycles. The fraction of sp³-hybridized carbons (Fsp3) is 0. The van der Waals surface area contributed by atoms with Crippen LogP contribution in [0.1, 0.15) is 0 Å². The van der Waals surface area contributed by atoms with Crippen molar-refractivity contribution >= 4 is 65.8 Å². The van der Waals surface area contributed by atoms with E-state index in [2.05, 4.69) is 279 Å². The number of hydrogen-bond donors (Lipinski definition) is 0. The number of fused-ring (bicyclic) bond motifs is 4. The van der Waals surface area contributed by atoms with Gasteiger partial charge in [-0.15, -0.1) is 22.7 Å². The van der Waals surface area contributed by atoms with Crippen LogP contribution < -0.4 is 0 Å². The van der Waals surface area contributed by atoms with Crippen molar-refractivity contribution in [2.45, 2.75) is 0 Å². The molecule has 12 aromatic carbocycles. The van der Waals surface area contributed by atoms with Crippen LogP contribution in [0.4, 0.5) is 0 Å². The predicted octanol–water partition coefficient (Wildman–Crippen LogP) is 21.4. The molecule has 0 fully saturated rings. The molecule has 14 aromatic rings. The van der Waals surface area contributed by atoms with Gasteiger partial charge in [0.05, 0.1) is 0 Å².